The SMILES string of the molecule is COc1ccc([C@H](CNC(=O)c2cc3ccccc3oc2=O)c2c[nH]c3ccccc23)cc1. The Hall–Kier alpha value is -4.32. The lowest BCUT2D eigenvalue weighted by molar-refractivity contribution is 0.0949. The number of nitrogens with one attached hydrogen (secondary N) is 2. The minimum absolute atomic E-state index is 0.0129. The number of aromatic nitrogens is 1. The van der Waals surface area contributed by atoms with Crippen molar-refractivity contribution in [3.63, 3.8) is 0 Å². The van der Waals surface area contributed by atoms with Crippen LogP contribution in [-0.4, -0.2) is 24.5 Å². The van der Waals surface area contributed by atoms with Gasteiger partial charge in [0.25, 0.3) is 5.91 Å². The van der Waals surface area contributed by atoms with E-state index in [2.05, 4.69) is 16.4 Å². The van der Waals surface area contributed by atoms with Gasteiger partial charge >= 0.3 is 5.63 Å². The summed E-state index contributed by atoms with van der Waals surface area (Å²) < 4.78 is 10.6. The monoisotopic (exact) mass is 438 g/mol. The molecule has 0 aliphatic rings. The van der Waals surface area contributed by atoms with E-state index in [1.807, 2.05) is 54.7 Å². The molecule has 1 atom stereocenters. The summed E-state index contributed by atoms with van der Waals surface area (Å²) in [5.74, 6) is 0.158. The standard InChI is InChI=1S/C27H22N2O4/c1-32-19-12-10-17(11-13-19)22(23-16-28-24-8-4-3-7-20(23)24)15-29-26(30)21-14-18-6-2-5-9-25(18)33-27(21)31/h2-14,16,22,28H,15H2,1H3,(H,29,30)/t22-/m0/s1. The van der Waals surface area contributed by atoms with Gasteiger partial charge in [0.1, 0.15) is 16.9 Å². The van der Waals surface area contributed by atoms with Crippen molar-refractivity contribution in [3.05, 3.63) is 112 Å². The van der Waals surface area contributed by atoms with Crippen LogP contribution in [0.3, 0.4) is 0 Å². The van der Waals surface area contributed by atoms with Crippen LogP contribution in [-0.2, 0) is 0 Å². The summed E-state index contributed by atoms with van der Waals surface area (Å²) in [4.78, 5) is 28.7. The van der Waals surface area contributed by atoms with Gasteiger partial charge in [-0.3, -0.25) is 4.79 Å². The molecule has 2 N–H and O–H groups in total. The van der Waals surface area contributed by atoms with E-state index in [-0.39, 0.29) is 11.5 Å². The Balaban J connectivity index is 1.48. The molecule has 3 aromatic carbocycles. The number of H-pyrrole nitrogens is 1. The van der Waals surface area contributed by atoms with E-state index in [1.165, 1.54) is 0 Å². The number of carbonyl (C=O) groups excluding carboxylic acids is 1. The molecule has 6 heteroatoms. The van der Waals surface area contributed by atoms with Crippen molar-refractivity contribution >= 4 is 27.8 Å². The summed E-state index contributed by atoms with van der Waals surface area (Å²) in [5, 5.41) is 4.72. The molecule has 0 aliphatic carbocycles. The minimum atomic E-state index is -0.653. The molecule has 0 fully saturated rings. The zero-order chi connectivity index (χ0) is 22.8. The van der Waals surface area contributed by atoms with Crippen molar-refractivity contribution in [1.82, 2.24) is 10.3 Å². The topological polar surface area (TPSA) is 84.3 Å². The third-order valence-electron chi connectivity index (χ3n) is 5.87. The van der Waals surface area contributed by atoms with E-state index in [9.17, 15) is 9.59 Å². The number of carbonyl (C=O) groups is 1. The number of benzene rings is 3. The normalized spacial score (nSPS) is 12.0. The zero-order valence-corrected chi connectivity index (χ0v) is 18.0. The average molecular weight is 438 g/mol. The summed E-state index contributed by atoms with van der Waals surface area (Å²) in [5.41, 5.74) is 2.88. The van der Waals surface area contributed by atoms with E-state index in [4.69, 9.17) is 9.15 Å². The molecule has 0 unspecified atom stereocenters. The predicted molar refractivity (Wildman–Crippen MR) is 128 cm³/mol. The predicted octanol–water partition coefficient (Wildman–Crippen LogP) is 4.84. The van der Waals surface area contributed by atoms with Crippen LogP contribution in [0.15, 0.2) is 94.3 Å². The smallest absolute Gasteiger partial charge is 0.349 e. The van der Waals surface area contributed by atoms with Crippen LogP contribution in [0.1, 0.15) is 27.4 Å². The van der Waals surface area contributed by atoms with Crippen molar-refractivity contribution in [2.75, 3.05) is 13.7 Å². The van der Waals surface area contributed by atoms with Gasteiger partial charge in [-0.05, 0) is 41.5 Å². The van der Waals surface area contributed by atoms with Crippen LogP contribution >= 0.6 is 0 Å². The fourth-order valence-electron chi connectivity index (χ4n) is 4.14. The molecule has 33 heavy (non-hydrogen) atoms. The minimum Gasteiger partial charge on any atom is -0.497 e. The first kappa shape index (κ1) is 20.6. The number of amides is 1. The Morgan fingerprint density at radius 2 is 1.79 bits per heavy atom. The van der Waals surface area contributed by atoms with Gasteiger partial charge in [0.05, 0.1) is 7.11 Å². The zero-order valence-electron chi connectivity index (χ0n) is 18.0. The van der Waals surface area contributed by atoms with Gasteiger partial charge in [0.15, 0.2) is 0 Å². The lowest BCUT2D eigenvalue weighted by Crippen LogP contribution is -2.32. The number of para-hydroxylation sites is 2. The molecule has 164 valence electrons. The molecule has 0 saturated carbocycles. The van der Waals surface area contributed by atoms with Crippen molar-refractivity contribution in [1.29, 1.82) is 0 Å². The summed E-state index contributed by atoms with van der Waals surface area (Å²) >= 11 is 0. The third kappa shape index (κ3) is 3.99. The first-order chi connectivity index (χ1) is 16.1. The summed E-state index contributed by atoms with van der Waals surface area (Å²) in [6.07, 6.45) is 1.97. The number of aromatic amines is 1. The van der Waals surface area contributed by atoms with Crippen molar-refractivity contribution in [2.45, 2.75) is 5.92 Å². The number of hydrogen-bond donors (Lipinski definition) is 2. The fourth-order valence-corrected chi connectivity index (χ4v) is 4.14. The van der Waals surface area contributed by atoms with Gasteiger partial charge < -0.3 is 19.5 Å². The Bertz CT molecular complexity index is 1500. The van der Waals surface area contributed by atoms with Crippen LogP contribution < -0.4 is 15.7 Å². The van der Waals surface area contributed by atoms with E-state index in [0.29, 0.717) is 17.5 Å². The molecular formula is C27H22N2O4. The maximum atomic E-state index is 13.0. The highest BCUT2D eigenvalue weighted by Gasteiger charge is 2.21. The molecule has 0 radical (unpaired) electrons. The average Bonchev–Trinajstić information content (AvgIpc) is 3.28. The highest BCUT2D eigenvalue weighted by Crippen LogP contribution is 2.31. The fraction of sp³-hybridized carbons (Fsp3) is 0.111. The van der Waals surface area contributed by atoms with E-state index in [1.54, 1.807) is 31.4 Å². The number of rotatable bonds is 6. The molecule has 1 amide bonds. The van der Waals surface area contributed by atoms with Gasteiger partial charge in [0.2, 0.25) is 0 Å². The summed E-state index contributed by atoms with van der Waals surface area (Å²) in [6.45, 7) is 0.305. The molecule has 5 rings (SSSR count). The number of hydrogen-bond acceptors (Lipinski definition) is 4. The number of methoxy groups -OCH3 is 1. The largest absolute Gasteiger partial charge is 0.497 e. The maximum Gasteiger partial charge on any atom is 0.349 e. The van der Waals surface area contributed by atoms with Gasteiger partial charge in [-0.2, -0.15) is 0 Å². The maximum absolute atomic E-state index is 13.0. The quantitative estimate of drug-likeness (QED) is 0.372. The van der Waals surface area contributed by atoms with Crippen LogP contribution in [0.25, 0.3) is 21.9 Å². The molecule has 2 heterocycles. The van der Waals surface area contributed by atoms with Crippen LogP contribution in [0.4, 0.5) is 0 Å². The lowest BCUT2D eigenvalue weighted by Gasteiger charge is -2.18. The Morgan fingerprint density at radius 1 is 1.03 bits per heavy atom. The van der Waals surface area contributed by atoms with Crippen molar-refractivity contribution in [3.8, 4) is 5.75 Å². The second-order valence-electron chi connectivity index (χ2n) is 7.81. The van der Waals surface area contributed by atoms with Gasteiger partial charge in [0, 0.05) is 34.9 Å². The van der Waals surface area contributed by atoms with Crippen LogP contribution in [0.5, 0.6) is 5.75 Å². The highest BCUT2D eigenvalue weighted by molar-refractivity contribution is 5.96. The Kier molecular flexibility index (Phi) is 5.40. The van der Waals surface area contributed by atoms with Crippen LogP contribution in [0, 0.1) is 0 Å². The molecule has 0 spiro atoms. The van der Waals surface area contributed by atoms with E-state index in [0.717, 1.165) is 27.8 Å². The summed E-state index contributed by atoms with van der Waals surface area (Å²) in [7, 11) is 1.63. The summed E-state index contributed by atoms with van der Waals surface area (Å²) in [6, 6.07) is 24.5. The molecule has 2 aromatic heterocycles. The van der Waals surface area contributed by atoms with Crippen molar-refractivity contribution < 1.29 is 13.9 Å². The molecule has 0 bridgehead atoms. The highest BCUT2D eigenvalue weighted by atomic mass is 16.5. The van der Waals surface area contributed by atoms with Crippen LogP contribution in [0.2, 0.25) is 0 Å². The first-order valence-electron chi connectivity index (χ1n) is 10.6. The second kappa shape index (κ2) is 8.67. The van der Waals surface area contributed by atoms with Gasteiger partial charge in [-0.15, -0.1) is 0 Å². The molecule has 6 nitrogen and oxygen atoms in total. The van der Waals surface area contributed by atoms with Gasteiger partial charge in [-0.1, -0.05) is 48.5 Å². The van der Waals surface area contributed by atoms with E-state index >= 15 is 0 Å². The van der Waals surface area contributed by atoms with Gasteiger partial charge in [-0.25, -0.2) is 4.79 Å². The second-order valence-corrected chi connectivity index (χ2v) is 7.81. The Labute approximate surface area is 189 Å². The Morgan fingerprint density at radius 3 is 2.61 bits per heavy atom. The molecular weight excluding hydrogens is 416 g/mol. The third-order valence-corrected chi connectivity index (χ3v) is 5.87. The lowest BCUT2D eigenvalue weighted by atomic mass is 9.90. The van der Waals surface area contributed by atoms with Crippen molar-refractivity contribution in [2.24, 2.45) is 0 Å². The molecule has 0 aliphatic heterocycles. The number of fused-ring (bicyclic) bond motifs is 2. The molecule has 0 saturated heterocycles. The van der Waals surface area contributed by atoms with E-state index < -0.39 is 11.5 Å². The molecule has 5 aromatic rings. The number of ether oxygens (including phenoxy) is 1. The first-order valence-corrected chi connectivity index (χ1v) is 10.6.